The molecule has 0 aliphatic carbocycles. The van der Waals surface area contributed by atoms with Crippen LogP contribution in [0.25, 0.3) is 0 Å². The number of rotatable bonds is 3. The van der Waals surface area contributed by atoms with Crippen molar-refractivity contribution in [3.8, 4) is 0 Å². The third-order valence-corrected chi connectivity index (χ3v) is 3.04. The molecule has 0 saturated carbocycles. The summed E-state index contributed by atoms with van der Waals surface area (Å²) in [4.78, 5) is 11.1. The molecule has 6 heteroatoms. The molecule has 0 aliphatic heterocycles. The zero-order valence-electron chi connectivity index (χ0n) is 10.0. The first-order chi connectivity index (χ1) is 8.47. The molecule has 2 rings (SSSR count). The molecule has 0 spiro atoms. The molecule has 0 saturated heterocycles. The van der Waals surface area contributed by atoms with Crippen LogP contribution in [0.2, 0.25) is 0 Å². The lowest BCUT2D eigenvalue weighted by Gasteiger charge is -2.06. The van der Waals surface area contributed by atoms with Crippen LogP contribution in [0.1, 0.15) is 27.2 Å². The van der Waals surface area contributed by atoms with E-state index in [1.807, 2.05) is 26.0 Å². The first kappa shape index (κ1) is 12.8. The molecule has 2 aromatic rings. The average Bonchev–Trinajstić information content (AvgIpc) is 2.57. The molecule has 1 N–H and O–H groups in total. The molecule has 1 aromatic heterocycles. The van der Waals surface area contributed by atoms with Crippen molar-refractivity contribution in [2.45, 2.75) is 20.4 Å². The maximum absolute atomic E-state index is 11.1. The lowest BCUT2D eigenvalue weighted by molar-refractivity contribution is 0.0683. The minimum atomic E-state index is -1.05. The zero-order chi connectivity index (χ0) is 13.3. The Hall–Kier alpha value is -1.69. The van der Waals surface area contributed by atoms with Crippen molar-refractivity contribution in [2.24, 2.45) is 0 Å². The van der Waals surface area contributed by atoms with Crippen LogP contribution < -0.4 is 0 Å². The lowest BCUT2D eigenvalue weighted by Crippen LogP contribution is -2.11. The van der Waals surface area contributed by atoms with Crippen LogP contribution >= 0.6 is 15.9 Å². The van der Waals surface area contributed by atoms with Crippen LogP contribution in [-0.4, -0.2) is 26.1 Å². The molecule has 0 atom stereocenters. The van der Waals surface area contributed by atoms with Crippen molar-refractivity contribution in [1.29, 1.82) is 0 Å². The van der Waals surface area contributed by atoms with Crippen LogP contribution in [0, 0.1) is 13.8 Å². The monoisotopic (exact) mass is 309 g/mol. The third-order valence-electron chi connectivity index (χ3n) is 2.51. The summed E-state index contributed by atoms with van der Waals surface area (Å²) in [5, 5.41) is 16.6. The van der Waals surface area contributed by atoms with Crippen molar-refractivity contribution in [2.75, 3.05) is 0 Å². The highest BCUT2D eigenvalue weighted by Crippen LogP contribution is 2.16. The molecule has 5 nitrogen and oxygen atoms in total. The third kappa shape index (κ3) is 2.59. The molecule has 0 radical (unpaired) electrons. The fraction of sp³-hybridized carbons (Fsp3) is 0.250. The van der Waals surface area contributed by atoms with Gasteiger partial charge in [-0.05, 0) is 35.3 Å². The molecule has 18 heavy (non-hydrogen) atoms. The molecule has 1 aromatic carbocycles. The zero-order valence-corrected chi connectivity index (χ0v) is 11.6. The highest BCUT2D eigenvalue weighted by Gasteiger charge is 2.17. The van der Waals surface area contributed by atoms with Gasteiger partial charge in [0.2, 0.25) is 0 Å². The Morgan fingerprint density at radius 2 is 1.94 bits per heavy atom. The van der Waals surface area contributed by atoms with Gasteiger partial charge in [-0.2, -0.15) is 0 Å². The summed E-state index contributed by atoms with van der Waals surface area (Å²) < 4.78 is 1.63. The summed E-state index contributed by atoms with van der Waals surface area (Å²) in [6, 6.07) is 6.08. The number of carboxylic acid groups (broad SMARTS) is 1. The Morgan fingerprint density at radius 3 is 2.50 bits per heavy atom. The Bertz CT molecular complexity index is 587. The van der Waals surface area contributed by atoms with Gasteiger partial charge in [-0.1, -0.05) is 34.5 Å². The maximum atomic E-state index is 11.1. The highest BCUT2D eigenvalue weighted by molar-refractivity contribution is 9.10. The van der Waals surface area contributed by atoms with Gasteiger partial charge in [0.05, 0.1) is 6.54 Å². The van der Waals surface area contributed by atoms with E-state index in [9.17, 15) is 4.79 Å². The molecule has 1 heterocycles. The number of hydrogen-bond donors (Lipinski definition) is 1. The van der Waals surface area contributed by atoms with E-state index in [2.05, 4.69) is 32.3 Å². The first-order valence-corrected chi connectivity index (χ1v) is 6.16. The summed E-state index contributed by atoms with van der Waals surface area (Å²) in [7, 11) is 0. The molecular weight excluding hydrogens is 298 g/mol. The normalized spacial score (nSPS) is 10.6. The molecule has 0 amide bonds. The standard InChI is InChI=1S/C12H12BrN3O2/c1-7-3-8(2)5-9(4-7)6-16-10(12(17)18)11(13)14-15-16/h3-5H,6H2,1-2H3,(H,17,18). The van der Waals surface area contributed by atoms with Crippen molar-refractivity contribution >= 4 is 21.9 Å². The van der Waals surface area contributed by atoms with E-state index in [1.165, 1.54) is 4.68 Å². The molecular formula is C12H12BrN3O2. The Balaban J connectivity index is 2.37. The second-order valence-electron chi connectivity index (χ2n) is 4.19. The number of carboxylic acids is 1. The van der Waals surface area contributed by atoms with Crippen molar-refractivity contribution in [1.82, 2.24) is 15.0 Å². The number of aromatic nitrogens is 3. The quantitative estimate of drug-likeness (QED) is 0.945. The van der Waals surface area contributed by atoms with E-state index in [4.69, 9.17) is 5.11 Å². The topological polar surface area (TPSA) is 68.0 Å². The minimum Gasteiger partial charge on any atom is -0.476 e. The van der Waals surface area contributed by atoms with Crippen LogP contribution in [0.4, 0.5) is 0 Å². The van der Waals surface area contributed by atoms with Gasteiger partial charge >= 0.3 is 5.97 Å². The van der Waals surface area contributed by atoms with Gasteiger partial charge < -0.3 is 5.11 Å². The average molecular weight is 310 g/mol. The molecule has 0 fully saturated rings. The summed E-state index contributed by atoms with van der Waals surface area (Å²) >= 11 is 3.08. The maximum Gasteiger partial charge on any atom is 0.357 e. The largest absolute Gasteiger partial charge is 0.476 e. The molecule has 0 aliphatic rings. The summed E-state index contributed by atoms with van der Waals surface area (Å²) in [6.45, 7) is 4.40. The van der Waals surface area contributed by atoms with Crippen molar-refractivity contribution in [3.05, 3.63) is 45.2 Å². The summed E-state index contributed by atoms with van der Waals surface area (Å²) in [6.07, 6.45) is 0. The van der Waals surface area contributed by atoms with E-state index in [0.717, 1.165) is 16.7 Å². The van der Waals surface area contributed by atoms with Crippen LogP contribution in [0.5, 0.6) is 0 Å². The first-order valence-electron chi connectivity index (χ1n) is 5.37. The minimum absolute atomic E-state index is 0.0640. The fourth-order valence-corrected chi connectivity index (χ4v) is 2.38. The summed E-state index contributed by atoms with van der Waals surface area (Å²) in [5.74, 6) is -1.05. The number of hydrogen-bond acceptors (Lipinski definition) is 3. The Kier molecular flexibility index (Phi) is 3.47. The predicted octanol–water partition coefficient (Wildman–Crippen LogP) is 2.40. The fourth-order valence-electron chi connectivity index (χ4n) is 1.93. The van der Waals surface area contributed by atoms with Crippen LogP contribution in [0.3, 0.4) is 0 Å². The number of halogens is 1. The number of aromatic carboxylic acids is 1. The second kappa shape index (κ2) is 4.89. The number of benzene rings is 1. The van der Waals surface area contributed by atoms with Gasteiger partial charge in [-0.15, -0.1) is 5.10 Å². The van der Waals surface area contributed by atoms with Crippen LogP contribution in [-0.2, 0) is 6.54 Å². The number of nitrogens with zero attached hydrogens (tertiary/aromatic N) is 3. The second-order valence-corrected chi connectivity index (χ2v) is 4.94. The van der Waals surface area contributed by atoms with E-state index in [-0.39, 0.29) is 10.3 Å². The van der Waals surface area contributed by atoms with Gasteiger partial charge in [-0.25, -0.2) is 9.48 Å². The molecule has 0 unspecified atom stereocenters. The SMILES string of the molecule is Cc1cc(C)cc(Cn2nnc(Br)c2C(=O)O)c1. The van der Waals surface area contributed by atoms with E-state index < -0.39 is 5.97 Å². The molecule has 0 bridgehead atoms. The predicted molar refractivity (Wildman–Crippen MR) is 69.7 cm³/mol. The van der Waals surface area contributed by atoms with E-state index in [0.29, 0.717) is 6.54 Å². The van der Waals surface area contributed by atoms with Crippen molar-refractivity contribution in [3.63, 3.8) is 0 Å². The van der Waals surface area contributed by atoms with Gasteiger partial charge in [0, 0.05) is 0 Å². The number of aryl methyl sites for hydroxylation is 2. The summed E-state index contributed by atoms with van der Waals surface area (Å²) in [5.41, 5.74) is 3.35. The van der Waals surface area contributed by atoms with Gasteiger partial charge in [0.15, 0.2) is 10.3 Å². The van der Waals surface area contributed by atoms with Crippen molar-refractivity contribution < 1.29 is 9.90 Å². The molecule has 94 valence electrons. The smallest absolute Gasteiger partial charge is 0.357 e. The lowest BCUT2D eigenvalue weighted by atomic mass is 10.1. The van der Waals surface area contributed by atoms with Gasteiger partial charge in [0.1, 0.15) is 0 Å². The Labute approximate surface area is 113 Å². The van der Waals surface area contributed by atoms with Gasteiger partial charge in [0.25, 0.3) is 0 Å². The van der Waals surface area contributed by atoms with E-state index in [1.54, 1.807) is 0 Å². The number of carbonyl (C=O) groups is 1. The van der Waals surface area contributed by atoms with Crippen LogP contribution in [0.15, 0.2) is 22.8 Å². The van der Waals surface area contributed by atoms with Gasteiger partial charge in [-0.3, -0.25) is 0 Å². The highest BCUT2D eigenvalue weighted by atomic mass is 79.9. The Morgan fingerprint density at radius 1 is 1.33 bits per heavy atom. The van der Waals surface area contributed by atoms with E-state index >= 15 is 0 Å².